The molecule has 1 fully saturated rings. The van der Waals surface area contributed by atoms with Gasteiger partial charge in [0.25, 0.3) is 0 Å². The molecule has 0 radical (unpaired) electrons. The number of carbonyl (C=O) groups is 2. The molecule has 0 bridgehead atoms. The van der Waals surface area contributed by atoms with Crippen molar-refractivity contribution < 1.29 is 19.4 Å². The van der Waals surface area contributed by atoms with Crippen LogP contribution in [0.5, 0.6) is 0 Å². The Morgan fingerprint density at radius 3 is 2.48 bits per heavy atom. The van der Waals surface area contributed by atoms with Gasteiger partial charge in [0, 0.05) is 6.54 Å². The summed E-state index contributed by atoms with van der Waals surface area (Å²) in [6.45, 7) is 7.66. The fraction of sp³-hybridized carbons (Fsp3) is 0.875. The minimum absolute atomic E-state index is 0.147. The largest absolute Gasteiger partial charge is 0.481 e. The minimum atomic E-state index is -0.846. The van der Waals surface area contributed by atoms with Crippen LogP contribution in [0.3, 0.4) is 0 Å². The smallest absolute Gasteiger partial charge is 0.407 e. The molecule has 1 aliphatic rings. The van der Waals surface area contributed by atoms with E-state index in [1.165, 1.54) is 0 Å². The number of rotatable bonds is 4. The highest BCUT2D eigenvalue weighted by molar-refractivity contribution is 5.76. The summed E-state index contributed by atoms with van der Waals surface area (Å²) in [7, 11) is 0. The fourth-order valence-electron chi connectivity index (χ4n) is 2.91. The number of hydrogen-bond acceptors (Lipinski definition) is 3. The van der Waals surface area contributed by atoms with Crippen LogP contribution in [0.1, 0.15) is 66.2 Å². The molecule has 0 aromatic rings. The lowest BCUT2D eigenvalue weighted by molar-refractivity contribution is -0.149. The molecule has 0 saturated heterocycles. The van der Waals surface area contributed by atoms with Crippen LogP contribution < -0.4 is 5.32 Å². The average molecular weight is 299 g/mol. The second-order valence-electron chi connectivity index (χ2n) is 7.15. The van der Waals surface area contributed by atoms with Crippen molar-refractivity contribution in [3.8, 4) is 0 Å². The zero-order valence-electron chi connectivity index (χ0n) is 13.7. The molecule has 122 valence electrons. The third kappa shape index (κ3) is 5.56. The SMILES string of the molecule is CCC1CCCC(CNC(=O)OC(C)(C)C)(C(=O)O)CC1. The molecule has 0 spiro atoms. The van der Waals surface area contributed by atoms with Crippen LogP contribution in [0.15, 0.2) is 0 Å². The predicted octanol–water partition coefficient (Wildman–Crippen LogP) is 3.57. The molecule has 1 rings (SSSR count). The molecule has 5 nitrogen and oxygen atoms in total. The van der Waals surface area contributed by atoms with Gasteiger partial charge in [-0.25, -0.2) is 4.79 Å². The third-order valence-electron chi connectivity index (χ3n) is 4.30. The first-order chi connectivity index (χ1) is 9.68. The van der Waals surface area contributed by atoms with E-state index in [4.69, 9.17) is 4.74 Å². The van der Waals surface area contributed by atoms with Crippen LogP contribution in [0.2, 0.25) is 0 Å². The zero-order chi connectivity index (χ0) is 16.1. The lowest BCUT2D eigenvalue weighted by Crippen LogP contribution is -2.44. The summed E-state index contributed by atoms with van der Waals surface area (Å²) >= 11 is 0. The summed E-state index contributed by atoms with van der Waals surface area (Å²) in [5.74, 6) is -0.205. The lowest BCUT2D eigenvalue weighted by Gasteiger charge is -2.29. The van der Waals surface area contributed by atoms with Crippen molar-refractivity contribution in [1.82, 2.24) is 5.32 Å². The van der Waals surface area contributed by atoms with Crippen LogP contribution in [0, 0.1) is 11.3 Å². The molecular weight excluding hydrogens is 270 g/mol. The normalized spacial score (nSPS) is 26.8. The first-order valence-electron chi connectivity index (χ1n) is 7.89. The maximum absolute atomic E-state index is 11.7. The Morgan fingerprint density at radius 1 is 1.29 bits per heavy atom. The maximum atomic E-state index is 11.7. The predicted molar refractivity (Wildman–Crippen MR) is 81.2 cm³/mol. The van der Waals surface area contributed by atoms with Gasteiger partial charge in [0.15, 0.2) is 0 Å². The number of alkyl carbamates (subject to hydrolysis) is 1. The number of carbonyl (C=O) groups excluding carboxylic acids is 1. The maximum Gasteiger partial charge on any atom is 0.407 e. The number of ether oxygens (including phenoxy) is 1. The number of nitrogens with one attached hydrogen (secondary N) is 1. The van der Waals surface area contributed by atoms with E-state index in [1.807, 2.05) is 0 Å². The molecule has 0 aliphatic heterocycles. The molecule has 1 aliphatic carbocycles. The van der Waals surface area contributed by atoms with Crippen LogP contribution >= 0.6 is 0 Å². The van der Waals surface area contributed by atoms with Crippen molar-refractivity contribution in [3.05, 3.63) is 0 Å². The van der Waals surface area contributed by atoms with Gasteiger partial charge in [-0.2, -0.15) is 0 Å². The van der Waals surface area contributed by atoms with E-state index >= 15 is 0 Å². The summed E-state index contributed by atoms with van der Waals surface area (Å²) in [6, 6.07) is 0. The lowest BCUT2D eigenvalue weighted by atomic mass is 9.80. The van der Waals surface area contributed by atoms with E-state index in [2.05, 4.69) is 12.2 Å². The summed E-state index contributed by atoms with van der Waals surface area (Å²) < 4.78 is 5.18. The van der Waals surface area contributed by atoms with Crippen LogP contribution in [-0.4, -0.2) is 29.3 Å². The number of aliphatic carboxylic acids is 1. The third-order valence-corrected chi connectivity index (χ3v) is 4.30. The zero-order valence-corrected chi connectivity index (χ0v) is 13.7. The van der Waals surface area contributed by atoms with E-state index < -0.39 is 23.1 Å². The van der Waals surface area contributed by atoms with Crippen molar-refractivity contribution in [2.24, 2.45) is 11.3 Å². The summed E-state index contributed by atoms with van der Waals surface area (Å²) in [4.78, 5) is 23.5. The first kappa shape index (κ1) is 17.8. The van der Waals surface area contributed by atoms with Gasteiger partial charge >= 0.3 is 12.1 Å². The topological polar surface area (TPSA) is 75.6 Å². The second-order valence-corrected chi connectivity index (χ2v) is 7.15. The first-order valence-corrected chi connectivity index (χ1v) is 7.89. The number of hydrogen-bond donors (Lipinski definition) is 2. The Kier molecular flexibility index (Phi) is 6.05. The average Bonchev–Trinajstić information content (AvgIpc) is 2.57. The molecule has 2 unspecified atom stereocenters. The number of amides is 1. The highest BCUT2D eigenvalue weighted by Gasteiger charge is 2.40. The van der Waals surface area contributed by atoms with Crippen molar-refractivity contribution in [3.63, 3.8) is 0 Å². The van der Waals surface area contributed by atoms with Gasteiger partial charge in [0.05, 0.1) is 5.41 Å². The van der Waals surface area contributed by atoms with Gasteiger partial charge in [-0.15, -0.1) is 0 Å². The fourth-order valence-corrected chi connectivity index (χ4v) is 2.91. The quantitative estimate of drug-likeness (QED) is 0.778. The number of carboxylic acid groups (broad SMARTS) is 1. The standard InChI is InChI=1S/C16H29NO4/c1-5-12-7-6-9-16(10-8-12,13(18)19)11-17-14(20)21-15(2,3)4/h12H,5-11H2,1-4H3,(H,17,20)(H,18,19). The Morgan fingerprint density at radius 2 is 1.95 bits per heavy atom. The Hall–Kier alpha value is -1.26. The van der Waals surface area contributed by atoms with E-state index in [1.54, 1.807) is 20.8 Å². The molecule has 2 N–H and O–H groups in total. The molecular formula is C16H29NO4. The Bertz CT molecular complexity index is 375. The van der Waals surface area contributed by atoms with Crippen molar-refractivity contribution >= 4 is 12.1 Å². The van der Waals surface area contributed by atoms with Crippen LogP contribution in [-0.2, 0) is 9.53 Å². The molecule has 0 aromatic heterocycles. The highest BCUT2D eigenvalue weighted by Crippen LogP contribution is 2.38. The number of carboxylic acids is 1. The van der Waals surface area contributed by atoms with Crippen molar-refractivity contribution in [2.45, 2.75) is 71.8 Å². The van der Waals surface area contributed by atoms with E-state index in [0.29, 0.717) is 18.8 Å². The molecule has 1 amide bonds. The van der Waals surface area contributed by atoms with Crippen LogP contribution in [0.4, 0.5) is 4.79 Å². The van der Waals surface area contributed by atoms with Crippen LogP contribution in [0.25, 0.3) is 0 Å². The molecule has 0 heterocycles. The molecule has 1 saturated carbocycles. The molecule has 2 atom stereocenters. The van der Waals surface area contributed by atoms with Gasteiger partial charge in [0.2, 0.25) is 0 Å². The summed E-state index contributed by atoms with van der Waals surface area (Å²) in [5, 5.41) is 12.3. The summed E-state index contributed by atoms with van der Waals surface area (Å²) in [6.07, 6.45) is 4.69. The van der Waals surface area contributed by atoms with Gasteiger partial charge < -0.3 is 15.2 Å². The van der Waals surface area contributed by atoms with Crippen molar-refractivity contribution in [1.29, 1.82) is 0 Å². The second kappa shape index (κ2) is 7.14. The van der Waals surface area contributed by atoms with Gasteiger partial charge in [-0.3, -0.25) is 4.79 Å². The van der Waals surface area contributed by atoms with Gasteiger partial charge in [-0.05, 0) is 46.0 Å². The molecule has 0 aromatic carbocycles. The highest BCUT2D eigenvalue weighted by atomic mass is 16.6. The Labute approximate surface area is 127 Å². The van der Waals surface area contributed by atoms with E-state index in [-0.39, 0.29) is 6.54 Å². The molecule has 21 heavy (non-hydrogen) atoms. The minimum Gasteiger partial charge on any atom is -0.481 e. The van der Waals surface area contributed by atoms with Gasteiger partial charge in [-0.1, -0.05) is 26.2 Å². The Balaban J connectivity index is 2.65. The summed E-state index contributed by atoms with van der Waals surface area (Å²) in [5.41, 5.74) is -1.42. The van der Waals surface area contributed by atoms with E-state index in [0.717, 1.165) is 25.7 Å². The van der Waals surface area contributed by atoms with E-state index in [9.17, 15) is 14.7 Å². The molecule has 5 heteroatoms. The monoisotopic (exact) mass is 299 g/mol. The van der Waals surface area contributed by atoms with Gasteiger partial charge in [0.1, 0.15) is 5.60 Å². The van der Waals surface area contributed by atoms with Crippen molar-refractivity contribution in [2.75, 3.05) is 6.54 Å².